The molecule has 1 nitrogen and oxygen atoms in total. The minimum atomic E-state index is 0.201. The Morgan fingerprint density at radius 3 is 3.00 bits per heavy atom. The Kier molecular flexibility index (Phi) is 2.41. The first-order chi connectivity index (χ1) is 7.84. The number of allylic oxidation sites excluding steroid dienone is 2. The van der Waals surface area contributed by atoms with Crippen LogP contribution in [0.1, 0.15) is 18.4 Å². The van der Waals surface area contributed by atoms with Crippen LogP contribution in [0.3, 0.4) is 0 Å². The van der Waals surface area contributed by atoms with Crippen LogP contribution in [-0.2, 0) is 0 Å². The molecule has 0 bridgehead atoms. The summed E-state index contributed by atoms with van der Waals surface area (Å²) in [6.45, 7) is 0. The Morgan fingerprint density at radius 1 is 1.25 bits per heavy atom. The van der Waals surface area contributed by atoms with Gasteiger partial charge in [-0.25, -0.2) is 0 Å². The maximum Gasteiger partial charge on any atom is 0.0525 e. The maximum absolute atomic E-state index is 6.12. The molecule has 1 unspecified atom stereocenters. The van der Waals surface area contributed by atoms with Gasteiger partial charge in [-0.15, -0.1) is 11.6 Å². The van der Waals surface area contributed by atoms with E-state index in [1.165, 1.54) is 21.9 Å². The summed E-state index contributed by atoms with van der Waals surface area (Å²) in [7, 11) is 0. The van der Waals surface area contributed by atoms with Crippen molar-refractivity contribution in [2.24, 2.45) is 0 Å². The first-order valence-corrected chi connectivity index (χ1v) is 5.96. The zero-order valence-electron chi connectivity index (χ0n) is 8.86. The molecule has 1 aliphatic rings. The fourth-order valence-corrected chi connectivity index (χ4v) is 2.57. The van der Waals surface area contributed by atoms with Crippen molar-refractivity contribution in [1.29, 1.82) is 0 Å². The van der Waals surface area contributed by atoms with Gasteiger partial charge in [0.25, 0.3) is 0 Å². The third-order valence-corrected chi connectivity index (χ3v) is 3.44. The highest BCUT2D eigenvalue weighted by Crippen LogP contribution is 2.34. The molecular weight excluding hydrogens is 218 g/mol. The molecule has 0 fully saturated rings. The van der Waals surface area contributed by atoms with Crippen LogP contribution in [0.5, 0.6) is 0 Å². The number of rotatable bonds is 1. The predicted molar refractivity (Wildman–Crippen MR) is 68.6 cm³/mol. The van der Waals surface area contributed by atoms with Gasteiger partial charge < -0.3 is 0 Å². The number of nitrogens with zero attached hydrogens (tertiary/aromatic N) is 1. The van der Waals surface area contributed by atoms with Gasteiger partial charge in [-0.3, -0.25) is 4.98 Å². The molecule has 1 aromatic carbocycles. The maximum atomic E-state index is 6.12. The van der Waals surface area contributed by atoms with Crippen molar-refractivity contribution in [2.75, 3.05) is 0 Å². The average molecular weight is 230 g/mol. The number of halogens is 1. The van der Waals surface area contributed by atoms with Crippen LogP contribution in [0.4, 0.5) is 0 Å². The van der Waals surface area contributed by atoms with E-state index in [2.05, 4.69) is 35.3 Å². The van der Waals surface area contributed by atoms with Gasteiger partial charge in [-0.1, -0.05) is 24.3 Å². The fourth-order valence-electron chi connectivity index (χ4n) is 2.31. The summed E-state index contributed by atoms with van der Waals surface area (Å²) in [4.78, 5) is 4.15. The number of hydrogen-bond donors (Lipinski definition) is 0. The van der Waals surface area contributed by atoms with Gasteiger partial charge in [0.1, 0.15) is 0 Å². The van der Waals surface area contributed by atoms with Gasteiger partial charge in [-0.05, 0) is 35.4 Å². The molecule has 80 valence electrons. The molecule has 3 rings (SSSR count). The molecule has 1 aromatic heterocycles. The molecule has 2 aromatic rings. The predicted octanol–water partition coefficient (Wildman–Crippen LogP) is 4.02. The molecule has 1 aliphatic carbocycles. The van der Waals surface area contributed by atoms with Crippen LogP contribution < -0.4 is 0 Å². The average Bonchev–Trinajstić information content (AvgIpc) is 2.75. The smallest absolute Gasteiger partial charge is 0.0525 e. The van der Waals surface area contributed by atoms with Crippen LogP contribution in [-0.4, -0.2) is 10.4 Å². The van der Waals surface area contributed by atoms with E-state index in [9.17, 15) is 0 Å². The van der Waals surface area contributed by atoms with Crippen LogP contribution in [0, 0.1) is 0 Å². The van der Waals surface area contributed by atoms with Gasteiger partial charge in [0.05, 0.1) is 5.38 Å². The Labute approximate surface area is 99.8 Å². The molecule has 1 heterocycles. The standard InChI is InChI=1S/C14H12ClN/c15-12-5-4-10(8-12)13-3-1-2-11-9-16-7-6-14(11)13/h1-3,6-9,12H,4-5H2. The van der Waals surface area contributed by atoms with E-state index in [-0.39, 0.29) is 5.38 Å². The summed E-state index contributed by atoms with van der Waals surface area (Å²) in [6, 6.07) is 8.43. The van der Waals surface area contributed by atoms with E-state index in [0.717, 1.165) is 12.8 Å². The number of fused-ring (bicyclic) bond motifs is 1. The third-order valence-electron chi connectivity index (χ3n) is 3.10. The SMILES string of the molecule is ClC1C=C(c2cccc3cnccc23)CC1. The number of benzene rings is 1. The lowest BCUT2D eigenvalue weighted by Gasteiger charge is -2.06. The number of aromatic nitrogens is 1. The van der Waals surface area contributed by atoms with Crippen molar-refractivity contribution in [1.82, 2.24) is 4.98 Å². The zero-order valence-corrected chi connectivity index (χ0v) is 9.61. The van der Waals surface area contributed by atoms with Crippen LogP contribution >= 0.6 is 11.6 Å². The second-order valence-electron chi connectivity index (χ2n) is 4.15. The molecule has 0 spiro atoms. The molecule has 1 atom stereocenters. The van der Waals surface area contributed by atoms with Crippen LogP contribution in [0.25, 0.3) is 16.3 Å². The minimum Gasteiger partial charge on any atom is -0.264 e. The largest absolute Gasteiger partial charge is 0.264 e. The highest BCUT2D eigenvalue weighted by molar-refractivity contribution is 6.22. The first kappa shape index (κ1) is 9.86. The van der Waals surface area contributed by atoms with E-state index in [4.69, 9.17) is 11.6 Å². The Morgan fingerprint density at radius 2 is 2.19 bits per heavy atom. The van der Waals surface area contributed by atoms with Crippen molar-refractivity contribution in [3.8, 4) is 0 Å². The van der Waals surface area contributed by atoms with Gasteiger partial charge in [0, 0.05) is 17.8 Å². The van der Waals surface area contributed by atoms with E-state index in [0.29, 0.717) is 0 Å². The molecule has 0 N–H and O–H groups in total. The summed E-state index contributed by atoms with van der Waals surface area (Å²) >= 11 is 6.12. The van der Waals surface area contributed by atoms with Crippen molar-refractivity contribution < 1.29 is 0 Å². The van der Waals surface area contributed by atoms with Crippen molar-refractivity contribution >= 4 is 27.9 Å². The second-order valence-corrected chi connectivity index (χ2v) is 4.71. The lowest BCUT2D eigenvalue weighted by molar-refractivity contribution is 0.942. The highest BCUT2D eigenvalue weighted by Gasteiger charge is 2.15. The van der Waals surface area contributed by atoms with Gasteiger partial charge in [0.2, 0.25) is 0 Å². The quantitative estimate of drug-likeness (QED) is 0.673. The first-order valence-electron chi connectivity index (χ1n) is 5.52. The van der Waals surface area contributed by atoms with Crippen LogP contribution in [0.2, 0.25) is 0 Å². The molecule has 0 radical (unpaired) electrons. The van der Waals surface area contributed by atoms with Gasteiger partial charge in [0.15, 0.2) is 0 Å². The summed E-state index contributed by atoms with van der Waals surface area (Å²) < 4.78 is 0. The number of pyridine rings is 1. The number of hydrogen-bond acceptors (Lipinski definition) is 1. The normalized spacial score (nSPS) is 20.1. The zero-order chi connectivity index (χ0) is 11.0. The Balaban J connectivity index is 2.20. The lowest BCUT2D eigenvalue weighted by Crippen LogP contribution is -1.84. The summed E-state index contributed by atoms with van der Waals surface area (Å²) in [5, 5.41) is 2.67. The third kappa shape index (κ3) is 1.61. The Hall–Kier alpha value is -1.34. The Bertz CT molecular complexity index is 554. The van der Waals surface area contributed by atoms with E-state index in [1.54, 1.807) is 0 Å². The minimum absolute atomic E-state index is 0.201. The lowest BCUT2D eigenvalue weighted by atomic mass is 9.99. The summed E-state index contributed by atoms with van der Waals surface area (Å²) in [5.74, 6) is 0. The molecular formula is C14H12ClN. The van der Waals surface area contributed by atoms with Crippen molar-refractivity contribution in [3.05, 3.63) is 48.3 Å². The summed E-state index contributed by atoms with van der Waals surface area (Å²) in [5.41, 5.74) is 2.68. The molecule has 0 saturated heterocycles. The van der Waals surface area contributed by atoms with E-state index in [1.807, 2.05) is 12.4 Å². The van der Waals surface area contributed by atoms with Crippen LogP contribution in [0.15, 0.2) is 42.7 Å². The summed E-state index contributed by atoms with van der Waals surface area (Å²) in [6.07, 6.45) is 8.07. The van der Waals surface area contributed by atoms with Gasteiger partial charge in [-0.2, -0.15) is 0 Å². The van der Waals surface area contributed by atoms with E-state index >= 15 is 0 Å². The molecule has 2 heteroatoms. The highest BCUT2D eigenvalue weighted by atomic mass is 35.5. The molecule has 0 aliphatic heterocycles. The molecule has 16 heavy (non-hydrogen) atoms. The monoisotopic (exact) mass is 229 g/mol. The van der Waals surface area contributed by atoms with Crippen molar-refractivity contribution in [2.45, 2.75) is 18.2 Å². The molecule has 0 saturated carbocycles. The fraction of sp³-hybridized carbons (Fsp3) is 0.214. The second kappa shape index (κ2) is 3.91. The van der Waals surface area contributed by atoms with E-state index < -0.39 is 0 Å². The number of alkyl halides is 1. The topological polar surface area (TPSA) is 12.9 Å². The van der Waals surface area contributed by atoms with Crippen molar-refractivity contribution in [3.63, 3.8) is 0 Å². The molecule has 0 amide bonds. The van der Waals surface area contributed by atoms with Gasteiger partial charge >= 0.3 is 0 Å².